The van der Waals surface area contributed by atoms with Gasteiger partial charge in [-0.25, -0.2) is 8.42 Å². The van der Waals surface area contributed by atoms with Gasteiger partial charge in [0, 0.05) is 19.7 Å². The molecule has 2 saturated heterocycles. The van der Waals surface area contributed by atoms with Crippen LogP contribution in [0.4, 0.5) is 0 Å². The number of hydrogen-bond donors (Lipinski definition) is 1. The lowest BCUT2D eigenvalue weighted by Crippen LogP contribution is -2.57. The molecule has 6 heteroatoms. The van der Waals surface area contributed by atoms with E-state index in [0.717, 1.165) is 12.0 Å². The fraction of sp³-hybridized carbons (Fsp3) is 0.600. The maximum atomic E-state index is 12.7. The monoisotopic (exact) mass is 311 g/mol. The summed E-state index contributed by atoms with van der Waals surface area (Å²) in [7, 11) is -3.52. The van der Waals surface area contributed by atoms with E-state index >= 15 is 0 Å². The molecular formula is C15H21NO4S. The molecule has 0 radical (unpaired) electrons. The number of piperidine rings is 1. The smallest absolute Gasteiger partial charge is 0.243 e. The van der Waals surface area contributed by atoms with Gasteiger partial charge in [-0.1, -0.05) is 17.7 Å². The van der Waals surface area contributed by atoms with Crippen LogP contribution in [-0.4, -0.2) is 49.2 Å². The Hall–Kier alpha value is -0.950. The van der Waals surface area contributed by atoms with Crippen molar-refractivity contribution in [3.8, 4) is 0 Å². The highest BCUT2D eigenvalue weighted by atomic mass is 32.2. The van der Waals surface area contributed by atoms with Crippen molar-refractivity contribution >= 4 is 10.0 Å². The van der Waals surface area contributed by atoms with Crippen molar-refractivity contribution in [1.29, 1.82) is 0 Å². The Kier molecular flexibility index (Phi) is 3.81. The summed E-state index contributed by atoms with van der Waals surface area (Å²) in [5.74, 6) is 0. The van der Waals surface area contributed by atoms with Crippen LogP contribution >= 0.6 is 0 Å². The van der Waals surface area contributed by atoms with E-state index in [2.05, 4.69) is 0 Å². The summed E-state index contributed by atoms with van der Waals surface area (Å²) < 4.78 is 32.6. The number of aliphatic hydroxyl groups excluding tert-OH is 1. The lowest BCUT2D eigenvalue weighted by molar-refractivity contribution is -0.117. The number of rotatable bonds is 2. The molecule has 1 spiro atoms. The van der Waals surface area contributed by atoms with Crippen LogP contribution in [-0.2, 0) is 14.8 Å². The summed E-state index contributed by atoms with van der Waals surface area (Å²) in [4.78, 5) is 0.303. The van der Waals surface area contributed by atoms with Crippen LogP contribution < -0.4 is 0 Å². The third-order valence-electron chi connectivity index (χ3n) is 4.50. The Morgan fingerprint density at radius 1 is 1.33 bits per heavy atom. The van der Waals surface area contributed by atoms with E-state index in [0.29, 0.717) is 30.9 Å². The van der Waals surface area contributed by atoms with Gasteiger partial charge in [0.05, 0.1) is 11.0 Å². The van der Waals surface area contributed by atoms with Crippen molar-refractivity contribution in [2.75, 3.05) is 19.7 Å². The molecule has 3 rings (SSSR count). The van der Waals surface area contributed by atoms with E-state index in [1.807, 2.05) is 6.92 Å². The summed E-state index contributed by atoms with van der Waals surface area (Å²) in [6.45, 7) is 3.09. The Balaban J connectivity index is 1.87. The Bertz CT molecular complexity index is 605. The van der Waals surface area contributed by atoms with Crippen LogP contribution in [0.15, 0.2) is 29.2 Å². The van der Waals surface area contributed by atoms with Gasteiger partial charge in [-0.05, 0) is 38.3 Å². The Morgan fingerprint density at radius 3 is 2.67 bits per heavy atom. The zero-order valence-corrected chi connectivity index (χ0v) is 13.0. The predicted octanol–water partition coefficient (Wildman–Crippen LogP) is 1.30. The summed E-state index contributed by atoms with van der Waals surface area (Å²) in [6.07, 6.45) is 1.43. The SMILES string of the molecule is Cc1ccc(S(=O)(=O)N2CC[C@H](O)[C@]3(CCCO3)C2)cc1. The van der Waals surface area contributed by atoms with Crippen molar-refractivity contribution in [3.05, 3.63) is 29.8 Å². The van der Waals surface area contributed by atoms with Crippen molar-refractivity contribution in [2.24, 2.45) is 0 Å². The number of ether oxygens (including phenoxy) is 1. The number of aryl methyl sites for hydroxylation is 1. The number of aliphatic hydroxyl groups is 1. The molecule has 5 nitrogen and oxygen atoms in total. The first-order valence-electron chi connectivity index (χ1n) is 7.33. The molecule has 21 heavy (non-hydrogen) atoms. The quantitative estimate of drug-likeness (QED) is 0.894. The van der Waals surface area contributed by atoms with Crippen LogP contribution in [0.25, 0.3) is 0 Å². The van der Waals surface area contributed by atoms with Gasteiger partial charge in [0.15, 0.2) is 0 Å². The van der Waals surface area contributed by atoms with Gasteiger partial charge in [0.2, 0.25) is 10.0 Å². The molecule has 2 aliphatic rings. The maximum absolute atomic E-state index is 12.7. The lowest BCUT2D eigenvalue weighted by Gasteiger charge is -2.42. The van der Waals surface area contributed by atoms with Crippen molar-refractivity contribution in [3.63, 3.8) is 0 Å². The maximum Gasteiger partial charge on any atom is 0.243 e. The first kappa shape index (κ1) is 15.0. The average Bonchev–Trinajstić information content (AvgIpc) is 2.92. The van der Waals surface area contributed by atoms with Gasteiger partial charge in [0.1, 0.15) is 5.60 Å². The molecule has 0 saturated carbocycles. The van der Waals surface area contributed by atoms with Gasteiger partial charge in [-0.15, -0.1) is 0 Å². The molecule has 0 aliphatic carbocycles. The third kappa shape index (κ3) is 2.61. The third-order valence-corrected chi connectivity index (χ3v) is 6.36. The molecule has 1 N–H and O–H groups in total. The molecule has 2 atom stereocenters. The number of benzene rings is 1. The van der Waals surface area contributed by atoms with Gasteiger partial charge in [-0.3, -0.25) is 0 Å². The zero-order chi connectivity index (χ0) is 15.1. The van der Waals surface area contributed by atoms with Crippen LogP contribution in [0.5, 0.6) is 0 Å². The summed E-state index contributed by atoms with van der Waals surface area (Å²) >= 11 is 0. The molecule has 0 amide bonds. The molecule has 1 aromatic rings. The van der Waals surface area contributed by atoms with E-state index in [4.69, 9.17) is 4.74 Å². The van der Waals surface area contributed by atoms with E-state index in [9.17, 15) is 13.5 Å². The summed E-state index contributed by atoms with van der Waals surface area (Å²) in [5.41, 5.74) is 0.314. The fourth-order valence-corrected chi connectivity index (χ4v) is 4.70. The van der Waals surface area contributed by atoms with Crippen LogP contribution in [0.3, 0.4) is 0 Å². The molecule has 2 fully saturated rings. The topological polar surface area (TPSA) is 66.8 Å². The molecule has 2 aliphatic heterocycles. The number of hydrogen-bond acceptors (Lipinski definition) is 4. The molecule has 0 unspecified atom stereocenters. The molecule has 116 valence electrons. The first-order chi connectivity index (χ1) is 9.94. The molecular weight excluding hydrogens is 290 g/mol. The van der Waals surface area contributed by atoms with E-state index in [1.54, 1.807) is 24.3 Å². The van der Waals surface area contributed by atoms with Crippen LogP contribution in [0.2, 0.25) is 0 Å². The second kappa shape index (κ2) is 5.35. The zero-order valence-electron chi connectivity index (χ0n) is 12.2. The summed E-state index contributed by atoms with van der Waals surface area (Å²) in [6, 6.07) is 6.87. The van der Waals surface area contributed by atoms with Crippen LogP contribution in [0.1, 0.15) is 24.8 Å². The van der Waals surface area contributed by atoms with Gasteiger partial charge in [0.25, 0.3) is 0 Å². The van der Waals surface area contributed by atoms with Crippen molar-refractivity contribution in [1.82, 2.24) is 4.31 Å². The van der Waals surface area contributed by atoms with E-state index < -0.39 is 21.7 Å². The Morgan fingerprint density at radius 2 is 2.05 bits per heavy atom. The molecule has 1 aromatic carbocycles. The predicted molar refractivity (Wildman–Crippen MR) is 78.5 cm³/mol. The lowest BCUT2D eigenvalue weighted by atomic mass is 9.88. The van der Waals surface area contributed by atoms with Crippen LogP contribution in [0, 0.1) is 6.92 Å². The standard InChI is InChI=1S/C15H21NO4S/c1-12-3-5-13(6-4-12)21(18,19)16-9-7-14(17)15(11-16)8-2-10-20-15/h3-6,14,17H,2,7-11H2,1H3/t14-,15-/m0/s1. The number of sulfonamides is 1. The molecule has 0 aromatic heterocycles. The van der Waals surface area contributed by atoms with Gasteiger partial charge >= 0.3 is 0 Å². The van der Waals surface area contributed by atoms with E-state index in [1.165, 1.54) is 4.31 Å². The van der Waals surface area contributed by atoms with Gasteiger partial charge in [-0.2, -0.15) is 4.31 Å². The van der Waals surface area contributed by atoms with Crippen molar-refractivity contribution in [2.45, 2.75) is 42.8 Å². The van der Waals surface area contributed by atoms with Gasteiger partial charge < -0.3 is 9.84 Å². The highest BCUT2D eigenvalue weighted by Crippen LogP contribution is 2.36. The highest BCUT2D eigenvalue weighted by Gasteiger charge is 2.48. The number of nitrogens with zero attached hydrogens (tertiary/aromatic N) is 1. The first-order valence-corrected chi connectivity index (χ1v) is 8.77. The fourth-order valence-electron chi connectivity index (χ4n) is 3.18. The highest BCUT2D eigenvalue weighted by molar-refractivity contribution is 7.89. The minimum absolute atomic E-state index is 0.240. The minimum atomic E-state index is -3.52. The minimum Gasteiger partial charge on any atom is -0.390 e. The summed E-state index contributed by atoms with van der Waals surface area (Å²) in [5, 5.41) is 10.2. The normalized spacial score (nSPS) is 30.9. The average molecular weight is 311 g/mol. The second-order valence-corrected chi connectivity index (χ2v) is 7.91. The Labute approximate surface area is 125 Å². The van der Waals surface area contributed by atoms with E-state index in [-0.39, 0.29) is 6.54 Å². The second-order valence-electron chi connectivity index (χ2n) is 5.97. The largest absolute Gasteiger partial charge is 0.390 e. The molecule has 0 bridgehead atoms. The molecule has 2 heterocycles. The van der Waals surface area contributed by atoms with Crippen molar-refractivity contribution < 1.29 is 18.3 Å².